The van der Waals surface area contributed by atoms with Crippen LogP contribution in [0.15, 0.2) is 24.3 Å². The van der Waals surface area contributed by atoms with E-state index in [4.69, 9.17) is 0 Å². The van der Waals surface area contributed by atoms with Crippen LogP contribution in [0.2, 0.25) is 0 Å². The highest BCUT2D eigenvalue weighted by Crippen LogP contribution is 2.29. The minimum absolute atomic E-state index is 0.181. The number of nitrogens with one attached hydrogen (secondary N) is 1. The molecule has 0 bridgehead atoms. The lowest BCUT2D eigenvalue weighted by atomic mass is 9.97. The van der Waals surface area contributed by atoms with E-state index in [-0.39, 0.29) is 12.0 Å². The van der Waals surface area contributed by atoms with Crippen molar-refractivity contribution in [2.24, 2.45) is 5.92 Å². The van der Waals surface area contributed by atoms with E-state index in [1.54, 1.807) is 0 Å². The molecule has 0 heterocycles. The topological polar surface area (TPSA) is 81.7 Å². The number of rotatable bonds is 6. The molecular weight excluding hydrogens is 343 g/mol. The standard InChI is InChI=1S/C16H18F3NO5/c1-9(7-12(21)24-2)13(15(23)25-3)20-14(22)10-5-4-6-11(8-10)16(17,18)19/h4-6,8-9,13H,7H2,1-3H3,(H,20,22)/t9-,13+/m0/s1. The van der Waals surface area contributed by atoms with E-state index in [0.717, 1.165) is 19.2 Å². The van der Waals surface area contributed by atoms with E-state index in [9.17, 15) is 27.6 Å². The van der Waals surface area contributed by atoms with Crippen LogP contribution >= 0.6 is 0 Å². The smallest absolute Gasteiger partial charge is 0.416 e. The molecule has 9 heteroatoms. The molecule has 0 aliphatic heterocycles. The summed E-state index contributed by atoms with van der Waals surface area (Å²) in [6.07, 6.45) is -4.78. The molecule has 0 unspecified atom stereocenters. The van der Waals surface area contributed by atoms with Crippen molar-refractivity contribution in [2.75, 3.05) is 14.2 Å². The highest BCUT2D eigenvalue weighted by Gasteiger charge is 2.32. The lowest BCUT2D eigenvalue weighted by Gasteiger charge is -2.22. The molecule has 6 nitrogen and oxygen atoms in total. The molecule has 1 aromatic carbocycles. The largest absolute Gasteiger partial charge is 0.469 e. The summed E-state index contributed by atoms with van der Waals surface area (Å²) in [6, 6.07) is 2.56. The Morgan fingerprint density at radius 3 is 2.32 bits per heavy atom. The van der Waals surface area contributed by atoms with Crippen molar-refractivity contribution in [1.29, 1.82) is 0 Å². The van der Waals surface area contributed by atoms with Gasteiger partial charge < -0.3 is 14.8 Å². The maximum atomic E-state index is 12.7. The van der Waals surface area contributed by atoms with Crippen molar-refractivity contribution in [3.05, 3.63) is 35.4 Å². The maximum absolute atomic E-state index is 12.7. The number of carbonyl (C=O) groups is 3. The predicted molar refractivity (Wildman–Crippen MR) is 80.5 cm³/mol. The van der Waals surface area contributed by atoms with E-state index >= 15 is 0 Å². The number of halogens is 3. The fraction of sp³-hybridized carbons (Fsp3) is 0.438. The van der Waals surface area contributed by atoms with Crippen LogP contribution in [0.5, 0.6) is 0 Å². The van der Waals surface area contributed by atoms with E-state index in [1.807, 2.05) is 0 Å². The van der Waals surface area contributed by atoms with E-state index < -0.39 is 41.5 Å². The summed E-state index contributed by atoms with van der Waals surface area (Å²) in [5, 5.41) is 2.30. The van der Waals surface area contributed by atoms with Gasteiger partial charge in [-0.15, -0.1) is 0 Å². The van der Waals surface area contributed by atoms with Gasteiger partial charge in [-0.3, -0.25) is 9.59 Å². The Kier molecular flexibility index (Phi) is 6.96. The SMILES string of the molecule is COC(=O)C[C@H](C)[C@@H](NC(=O)c1cccc(C(F)(F)F)c1)C(=O)OC. The number of alkyl halides is 3. The van der Waals surface area contributed by atoms with Crippen LogP contribution in [-0.4, -0.2) is 38.1 Å². The van der Waals surface area contributed by atoms with Gasteiger partial charge in [-0.05, 0) is 24.1 Å². The van der Waals surface area contributed by atoms with Gasteiger partial charge in [0.2, 0.25) is 0 Å². The van der Waals surface area contributed by atoms with Crippen molar-refractivity contribution < 1.29 is 37.0 Å². The van der Waals surface area contributed by atoms with Crippen LogP contribution in [0.25, 0.3) is 0 Å². The average molecular weight is 361 g/mol. The maximum Gasteiger partial charge on any atom is 0.416 e. The first-order valence-corrected chi connectivity index (χ1v) is 7.23. The number of hydrogen-bond donors (Lipinski definition) is 1. The monoisotopic (exact) mass is 361 g/mol. The Morgan fingerprint density at radius 2 is 1.80 bits per heavy atom. The first-order chi connectivity index (χ1) is 11.6. The van der Waals surface area contributed by atoms with Crippen molar-refractivity contribution >= 4 is 17.8 Å². The zero-order valence-electron chi connectivity index (χ0n) is 13.8. The van der Waals surface area contributed by atoms with Gasteiger partial charge in [-0.25, -0.2) is 4.79 Å². The molecule has 0 saturated carbocycles. The van der Waals surface area contributed by atoms with Gasteiger partial charge in [0.05, 0.1) is 26.2 Å². The normalized spacial score (nSPS) is 13.5. The second-order valence-electron chi connectivity index (χ2n) is 5.31. The van der Waals surface area contributed by atoms with Gasteiger partial charge in [0.1, 0.15) is 6.04 Å². The van der Waals surface area contributed by atoms with E-state index in [0.29, 0.717) is 6.07 Å². The van der Waals surface area contributed by atoms with Crippen LogP contribution in [0, 0.1) is 5.92 Å². The van der Waals surface area contributed by atoms with Crippen molar-refractivity contribution in [3.63, 3.8) is 0 Å². The molecule has 25 heavy (non-hydrogen) atoms. The third-order valence-electron chi connectivity index (χ3n) is 3.48. The van der Waals surface area contributed by atoms with Crippen LogP contribution in [0.1, 0.15) is 29.3 Å². The van der Waals surface area contributed by atoms with Gasteiger partial charge in [-0.1, -0.05) is 13.0 Å². The molecular formula is C16H18F3NO5. The third kappa shape index (κ3) is 5.77. The lowest BCUT2D eigenvalue weighted by molar-refractivity contribution is -0.146. The fourth-order valence-electron chi connectivity index (χ4n) is 2.09. The Balaban J connectivity index is 2.99. The summed E-state index contributed by atoms with van der Waals surface area (Å²) in [4.78, 5) is 35.4. The highest BCUT2D eigenvalue weighted by atomic mass is 19.4. The van der Waals surface area contributed by atoms with Gasteiger partial charge in [0.15, 0.2) is 0 Å². The van der Waals surface area contributed by atoms with E-state index in [2.05, 4.69) is 14.8 Å². The van der Waals surface area contributed by atoms with Gasteiger partial charge in [-0.2, -0.15) is 13.2 Å². The van der Waals surface area contributed by atoms with Crippen LogP contribution in [0.4, 0.5) is 13.2 Å². The number of ether oxygens (including phenoxy) is 2. The molecule has 0 aliphatic rings. The Hall–Kier alpha value is -2.58. The first-order valence-electron chi connectivity index (χ1n) is 7.23. The Labute approximate surface area is 142 Å². The summed E-state index contributed by atoms with van der Waals surface area (Å²) in [5.74, 6) is -3.00. The molecule has 1 rings (SSSR count). The number of esters is 2. The number of methoxy groups -OCH3 is 2. The molecule has 0 fully saturated rings. The van der Waals surface area contributed by atoms with Crippen molar-refractivity contribution in [2.45, 2.75) is 25.6 Å². The molecule has 0 saturated heterocycles. The fourth-order valence-corrected chi connectivity index (χ4v) is 2.09. The third-order valence-corrected chi connectivity index (χ3v) is 3.48. The quantitative estimate of drug-likeness (QED) is 0.786. The summed E-state index contributed by atoms with van der Waals surface area (Å²) < 4.78 is 47.3. The molecule has 0 spiro atoms. The first kappa shape index (κ1) is 20.5. The highest BCUT2D eigenvalue weighted by molar-refractivity contribution is 5.97. The van der Waals surface area contributed by atoms with Crippen LogP contribution in [-0.2, 0) is 25.2 Å². The summed E-state index contributed by atoms with van der Waals surface area (Å²) in [7, 11) is 2.26. The number of carbonyl (C=O) groups excluding carboxylic acids is 3. The Morgan fingerprint density at radius 1 is 1.16 bits per heavy atom. The molecule has 138 valence electrons. The van der Waals surface area contributed by atoms with Crippen LogP contribution in [0.3, 0.4) is 0 Å². The predicted octanol–water partition coefficient (Wildman–Crippen LogP) is 2.18. The van der Waals surface area contributed by atoms with Gasteiger partial charge >= 0.3 is 18.1 Å². The zero-order valence-corrected chi connectivity index (χ0v) is 13.8. The number of amides is 1. The second kappa shape index (κ2) is 8.50. The zero-order chi connectivity index (χ0) is 19.2. The van der Waals surface area contributed by atoms with Crippen molar-refractivity contribution in [3.8, 4) is 0 Å². The van der Waals surface area contributed by atoms with E-state index in [1.165, 1.54) is 20.1 Å². The van der Waals surface area contributed by atoms with Crippen LogP contribution < -0.4 is 5.32 Å². The summed E-state index contributed by atoms with van der Waals surface area (Å²) in [6.45, 7) is 1.50. The second-order valence-corrected chi connectivity index (χ2v) is 5.31. The molecule has 1 amide bonds. The summed E-state index contributed by atoms with van der Waals surface area (Å²) >= 11 is 0. The minimum atomic E-state index is -4.60. The number of benzene rings is 1. The molecule has 0 aromatic heterocycles. The lowest BCUT2D eigenvalue weighted by Crippen LogP contribution is -2.46. The molecule has 2 atom stereocenters. The molecule has 1 N–H and O–H groups in total. The van der Waals surface area contributed by atoms with Crippen molar-refractivity contribution in [1.82, 2.24) is 5.32 Å². The van der Waals surface area contributed by atoms with Gasteiger partial charge in [0.25, 0.3) is 5.91 Å². The Bertz CT molecular complexity index is 645. The molecule has 0 radical (unpaired) electrons. The summed E-state index contributed by atoms with van der Waals surface area (Å²) in [5.41, 5.74) is -1.26. The van der Waals surface area contributed by atoms with Gasteiger partial charge in [0, 0.05) is 5.56 Å². The molecule has 1 aromatic rings. The number of hydrogen-bond acceptors (Lipinski definition) is 5. The molecule has 0 aliphatic carbocycles. The minimum Gasteiger partial charge on any atom is -0.469 e. The average Bonchev–Trinajstić information content (AvgIpc) is 2.57.